The molecule has 30 heavy (non-hydrogen) atoms. The molecule has 5 nitrogen and oxygen atoms in total. The first-order valence-electron chi connectivity index (χ1n) is 10.9. The zero-order valence-corrected chi connectivity index (χ0v) is 18.0. The first kappa shape index (κ1) is 18.7. The van der Waals surface area contributed by atoms with Crippen LogP contribution in [0.3, 0.4) is 0 Å². The average molecular weight is 408 g/mol. The fraction of sp³-hybridized carbons (Fsp3) is 0.640. The predicted octanol–water partition coefficient (Wildman–Crippen LogP) is 2.93. The lowest BCUT2D eigenvalue weighted by atomic mass is 9.34. The van der Waals surface area contributed by atoms with Gasteiger partial charge in [0.25, 0.3) is 0 Å². The maximum Gasteiger partial charge on any atom is 0.334 e. The molecule has 0 amide bonds. The van der Waals surface area contributed by atoms with Crippen LogP contribution in [0.1, 0.15) is 47.0 Å². The summed E-state index contributed by atoms with van der Waals surface area (Å²) in [5.41, 5.74) is -4.04. The quantitative estimate of drug-likeness (QED) is 0.492. The molecular formula is C25H28O5. The minimum Gasteiger partial charge on any atom is -0.461 e. The lowest BCUT2D eigenvalue weighted by Crippen LogP contribution is -2.74. The van der Waals surface area contributed by atoms with Crippen LogP contribution < -0.4 is 0 Å². The maximum absolute atomic E-state index is 13.9. The van der Waals surface area contributed by atoms with Gasteiger partial charge in [0.1, 0.15) is 6.61 Å². The van der Waals surface area contributed by atoms with E-state index in [1.165, 1.54) is 0 Å². The van der Waals surface area contributed by atoms with Crippen molar-refractivity contribution in [3.05, 3.63) is 36.0 Å². The molecule has 3 bridgehead atoms. The molecular weight excluding hydrogens is 380 g/mol. The van der Waals surface area contributed by atoms with Gasteiger partial charge in [0.2, 0.25) is 0 Å². The van der Waals surface area contributed by atoms with Crippen LogP contribution in [-0.4, -0.2) is 34.9 Å². The Bertz CT molecular complexity index is 1060. The van der Waals surface area contributed by atoms with Crippen molar-refractivity contribution in [3.8, 4) is 0 Å². The van der Waals surface area contributed by atoms with Gasteiger partial charge in [-0.25, -0.2) is 4.79 Å². The standard InChI is InChI=1S/C25H28O5/c1-13-17-18(27)21(4)10-14-19(28)30-12-24(13,14)23(11-21)9-6-15-20(2,3)16(26)7-8-22(15,5)25(17,23)29/h7-8,10,15,17,29H,1,6,9,11-12H2,2-5H3/t15-,17+,21+,22-,23+,24+,25+/m0/s1. The highest BCUT2D eigenvalue weighted by molar-refractivity contribution is 6.04. The Morgan fingerprint density at radius 2 is 1.87 bits per heavy atom. The van der Waals surface area contributed by atoms with E-state index < -0.39 is 38.6 Å². The molecule has 7 atom stereocenters. The predicted molar refractivity (Wildman–Crippen MR) is 108 cm³/mol. The number of allylic oxidation sites excluding steroid dienone is 2. The van der Waals surface area contributed by atoms with Gasteiger partial charge in [-0.3, -0.25) is 9.59 Å². The summed E-state index contributed by atoms with van der Waals surface area (Å²) in [4.78, 5) is 39.5. The Balaban J connectivity index is 1.71. The van der Waals surface area contributed by atoms with Crippen LogP contribution in [0, 0.1) is 38.9 Å². The van der Waals surface area contributed by atoms with Crippen LogP contribution in [0.15, 0.2) is 36.0 Å². The number of hydrogen-bond donors (Lipinski definition) is 1. The van der Waals surface area contributed by atoms with Crippen molar-refractivity contribution in [2.45, 2.75) is 52.6 Å². The van der Waals surface area contributed by atoms with Gasteiger partial charge in [-0.05, 0) is 43.8 Å². The first-order chi connectivity index (χ1) is 13.8. The molecule has 5 aliphatic carbocycles. The van der Waals surface area contributed by atoms with E-state index in [0.29, 0.717) is 24.0 Å². The maximum atomic E-state index is 13.9. The van der Waals surface area contributed by atoms with Gasteiger partial charge < -0.3 is 9.84 Å². The minimum absolute atomic E-state index is 0.0535. The van der Waals surface area contributed by atoms with Crippen LogP contribution in [-0.2, 0) is 19.1 Å². The number of cyclic esters (lactones) is 1. The fourth-order valence-electron chi connectivity index (χ4n) is 9.14. The van der Waals surface area contributed by atoms with E-state index in [1.54, 1.807) is 6.08 Å². The Hall–Kier alpha value is -2.01. The van der Waals surface area contributed by atoms with E-state index in [1.807, 2.05) is 39.8 Å². The smallest absolute Gasteiger partial charge is 0.334 e. The zero-order valence-electron chi connectivity index (χ0n) is 18.0. The largest absolute Gasteiger partial charge is 0.461 e. The van der Waals surface area contributed by atoms with Gasteiger partial charge in [0.15, 0.2) is 11.6 Å². The average Bonchev–Trinajstić information content (AvgIpc) is 3.03. The first-order valence-corrected chi connectivity index (χ1v) is 10.9. The number of carbonyl (C=O) groups excluding carboxylic acids is 3. The second-order valence-corrected chi connectivity index (χ2v) is 11.6. The van der Waals surface area contributed by atoms with Crippen LogP contribution in [0.4, 0.5) is 0 Å². The van der Waals surface area contributed by atoms with Gasteiger partial charge in [0.05, 0.1) is 16.9 Å². The lowest BCUT2D eigenvalue weighted by molar-refractivity contribution is -0.258. The van der Waals surface area contributed by atoms with Crippen molar-refractivity contribution in [3.63, 3.8) is 0 Å². The summed E-state index contributed by atoms with van der Waals surface area (Å²) in [6, 6.07) is 0. The molecule has 4 fully saturated rings. The van der Waals surface area contributed by atoms with Gasteiger partial charge in [-0.1, -0.05) is 39.5 Å². The molecule has 2 spiro atoms. The summed E-state index contributed by atoms with van der Waals surface area (Å²) >= 11 is 0. The molecule has 1 aliphatic heterocycles. The number of ether oxygens (including phenoxy) is 1. The van der Waals surface area contributed by atoms with Crippen LogP contribution in [0.25, 0.3) is 0 Å². The molecule has 0 unspecified atom stereocenters. The zero-order chi connectivity index (χ0) is 21.7. The van der Waals surface area contributed by atoms with Crippen LogP contribution >= 0.6 is 0 Å². The fourth-order valence-corrected chi connectivity index (χ4v) is 9.14. The van der Waals surface area contributed by atoms with Crippen molar-refractivity contribution in [2.75, 3.05) is 6.61 Å². The summed E-state index contributed by atoms with van der Waals surface area (Å²) in [5, 5.41) is 12.8. The third kappa shape index (κ3) is 1.39. The molecule has 6 rings (SSSR count). The number of rotatable bonds is 0. The van der Waals surface area contributed by atoms with E-state index in [9.17, 15) is 19.5 Å². The number of fused-ring (bicyclic) bond motifs is 2. The van der Waals surface area contributed by atoms with E-state index in [2.05, 4.69) is 6.58 Å². The lowest BCUT2D eigenvalue weighted by Gasteiger charge is -2.69. The van der Waals surface area contributed by atoms with Crippen molar-refractivity contribution < 1.29 is 24.2 Å². The number of carbonyl (C=O) groups is 3. The summed E-state index contributed by atoms with van der Waals surface area (Å²) in [6.07, 6.45) is 7.14. The summed E-state index contributed by atoms with van der Waals surface area (Å²) in [7, 11) is 0. The number of esters is 1. The normalized spacial score (nSPS) is 54.5. The van der Waals surface area contributed by atoms with E-state index in [4.69, 9.17) is 4.74 Å². The van der Waals surface area contributed by atoms with Gasteiger partial charge in [-0.15, -0.1) is 0 Å². The molecule has 158 valence electrons. The molecule has 1 saturated heterocycles. The minimum atomic E-state index is -1.42. The van der Waals surface area contributed by atoms with E-state index in [0.717, 1.165) is 6.42 Å². The number of hydrogen-bond acceptors (Lipinski definition) is 5. The summed E-state index contributed by atoms with van der Waals surface area (Å²) in [5.74, 6) is -1.26. The third-order valence-electron chi connectivity index (χ3n) is 10.4. The Kier molecular flexibility index (Phi) is 2.87. The Labute approximate surface area is 176 Å². The topological polar surface area (TPSA) is 80.7 Å². The van der Waals surface area contributed by atoms with Crippen LogP contribution in [0.5, 0.6) is 0 Å². The molecule has 6 aliphatic rings. The highest BCUT2D eigenvalue weighted by Crippen LogP contribution is 2.84. The molecule has 0 radical (unpaired) electrons. The van der Waals surface area contributed by atoms with Gasteiger partial charge in [0, 0.05) is 27.2 Å². The Morgan fingerprint density at radius 3 is 2.57 bits per heavy atom. The van der Waals surface area contributed by atoms with Crippen molar-refractivity contribution in [2.24, 2.45) is 38.9 Å². The second kappa shape index (κ2) is 4.59. The third-order valence-corrected chi connectivity index (χ3v) is 10.4. The number of Topliss-reactive ketones (excluding diaryl/α,β-unsaturated/α-hetero) is 1. The highest BCUT2D eigenvalue weighted by atomic mass is 16.5. The number of aliphatic hydroxyl groups is 1. The molecule has 3 saturated carbocycles. The molecule has 1 heterocycles. The van der Waals surface area contributed by atoms with Crippen LogP contribution in [0.2, 0.25) is 0 Å². The SMILES string of the molecule is C=C1[C@@H]2C(=O)[C@]3(C)C=C4C(=O)OC[C@@]14[C@@]1(CC[C@H]4C(C)(C)C(=O)C=C[C@]4(C)[C@]21O)C3. The second-order valence-electron chi connectivity index (χ2n) is 11.6. The number of ketones is 2. The van der Waals surface area contributed by atoms with Gasteiger partial charge >= 0.3 is 5.97 Å². The Morgan fingerprint density at radius 1 is 1.17 bits per heavy atom. The van der Waals surface area contributed by atoms with Crippen molar-refractivity contribution >= 4 is 17.5 Å². The summed E-state index contributed by atoms with van der Waals surface area (Å²) in [6.45, 7) is 12.3. The molecule has 0 aromatic heterocycles. The summed E-state index contributed by atoms with van der Waals surface area (Å²) < 4.78 is 5.58. The molecule has 0 aromatic rings. The van der Waals surface area contributed by atoms with E-state index >= 15 is 0 Å². The van der Waals surface area contributed by atoms with Gasteiger partial charge in [-0.2, -0.15) is 0 Å². The molecule has 0 aromatic carbocycles. The molecule has 5 heteroatoms. The van der Waals surface area contributed by atoms with E-state index in [-0.39, 0.29) is 30.1 Å². The highest BCUT2D eigenvalue weighted by Gasteiger charge is 2.88. The molecule has 1 N–H and O–H groups in total. The van der Waals surface area contributed by atoms with Crippen molar-refractivity contribution in [1.82, 2.24) is 0 Å². The van der Waals surface area contributed by atoms with Crippen molar-refractivity contribution in [1.29, 1.82) is 0 Å². The monoisotopic (exact) mass is 408 g/mol.